The smallest absolute Gasteiger partial charge is 0.324 e. The first-order valence-electron chi connectivity index (χ1n) is 9.39. The van der Waals surface area contributed by atoms with Crippen LogP contribution >= 0.6 is 0 Å². The molecule has 2 aliphatic rings. The van der Waals surface area contributed by atoms with E-state index < -0.39 is 22.0 Å². The van der Waals surface area contributed by atoms with Crippen LogP contribution in [-0.2, 0) is 24.3 Å². The number of ether oxygens (including phenoxy) is 1. The van der Waals surface area contributed by atoms with Crippen molar-refractivity contribution in [1.82, 2.24) is 4.31 Å². The fourth-order valence-electron chi connectivity index (χ4n) is 4.18. The molecule has 7 nitrogen and oxygen atoms in total. The third-order valence-corrected chi connectivity index (χ3v) is 7.49. The fraction of sp³-hybridized carbons (Fsp3) is 0.579. The van der Waals surface area contributed by atoms with Crippen LogP contribution in [0.5, 0.6) is 0 Å². The highest BCUT2D eigenvalue weighted by Crippen LogP contribution is 2.43. The zero-order chi connectivity index (χ0) is 19.6. The first-order chi connectivity index (χ1) is 12.9. The maximum atomic E-state index is 13.3. The second-order valence-electron chi connectivity index (χ2n) is 7.15. The first kappa shape index (κ1) is 19.8. The lowest BCUT2D eigenvalue weighted by atomic mass is 9.85. The summed E-state index contributed by atoms with van der Waals surface area (Å²) in [6, 6.07) is 5.17. The number of nitrogens with zero attached hydrogens (tertiary/aromatic N) is 1. The summed E-state index contributed by atoms with van der Waals surface area (Å²) < 4.78 is 32.9. The number of hydrogen-bond acceptors (Lipinski definition) is 5. The second kappa shape index (κ2) is 7.98. The van der Waals surface area contributed by atoms with Crippen molar-refractivity contribution in [2.75, 3.05) is 12.4 Å². The van der Waals surface area contributed by atoms with Crippen LogP contribution in [0.25, 0.3) is 0 Å². The molecule has 0 spiro atoms. The van der Waals surface area contributed by atoms with Gasteiger partial charge in [-0.05, 0) is 49.4 Å². The number of carbonyl (C=O) groups is 2. The van der Waals surface area contributed by atoms with Gasteiger partial charge in [0.1, 0.15) is 6.04 Å². The number of carbonyl (C=O) groups excluding carboxylic acids is 2. The van der Waals surface area contributed by atoms with E-state index in [4.69, 9.17) is 4.74 Å². The molecule has 0 aromatic heterocycles. The van der Waals surface area contributed by atoms with Gasteiger partial charge in [0.05, 0.1) is 12.0 Å². The van der Waals surface area contributed by atoms with E-state index in [0.717, 1.165) is 25.7 Å². The summed E-state index contributed by atoms with van der Waals surface area (Å²) in [7, 11) is -2.55. The minimum atomic E-state index is -3.84. The molecule has 1 aliphatic heterocycles. The Morgan fingerprint density at radius 3 is 2.48 bits per heavy atom. The van der Waals surface area contributed by atoms with Gasteiger partial charge in [-0.3, -0.25) is 9.59 Å². The average molecular weight is 394 g/mol. The van der Waals surface area contributed by atoms with Crippen LogP contribution in [0, 0.1) is 5.92 Å². The molecule has 1 heterocycles. The SMILES string of the molecule is CCC(=O)Nc1ccc(S(=O)(=O)N2C(C(=O)OC)CC3CCCCC32)cc1. The molecule has 8 heteroatoms. The maximum absolute atomic E-state index is 13.3. The van der Waals surface area contributed by atoms with E-state index in [1.54, 1.807) is 19.1 Å². The maximum Gasteiger partial charge on any atom is 0.324 e. The summed E-state index contributed by atoms with van der Waals surface area (Å²) in [6.45, 7) is 1.75. The van der Waals surface area contributed by atoms with Crippen molar-refractivity contribution >= 4 is 27.6 Å². The molecule has 1 amide bonds. The Morgan fingerprint density at radius 2 is 1.85 bits per heavy atom. The molecule has 2 fully saturated rings. The summed E-state index contributed by atoms with van der Waals surface area (Å²) in [6.07, 6.45) is 4.59. The molecule has 3 atom stereocenters. The van der Waals surface area contributed by atoms with Gasteiger partial charge in [-0.25, -0.2) is 8.42 Å². The highest BCUT2D eigenvalue weighted by atomic mass is 32.2. The van der Waals surface area contributed by atoms with E-state index in [-0.39, 0.29) is 22.8 Å². The van der Waals surface area contributed by atoms with Crippen molar-refractivity contribution in [3.05, 3.63) is 24.3 Å². The van der Waals surface area contributed by atoms with Crippen molar-refractivity contribution < 1.29 is 22.7 Å². The van der Waals surface area contributed by atoms with Gasteiger partial charge in [-0.1, -0.05) is 19.8 Å². The number of anilines is 1. The molecule has 0 bridgehead atoms. The van der Waals surface area contributed by atoms with Crippen LogP contribution in [-0.4, -0.2) is 43.8 Å². The van der Waals surface area contributed by atoms with Gasteiger partial charge in [0.2, 0.25) is 15.9 Å². The van der Waals surface area contributed by atoms with Gasteiger partial charge < -0.3 is 10.1 Å². The van der Waals surface area contributed by atoms with Crippen LogP contribution in [0.15, 0.2) is 29.2 Å². The Bertz CT molecular complexity index is 806. The van der Waals surface area contributed by atoms with Gasteiger partial charge in [-0.15, -0.1) is 0 Å². The number of methoxy groups -OCH3 is 1. The van der Waals surface area contributed by atoms with Gasteiger partial charge in [0, 0.05) is 18.2 Å². The second-order valence-corrected chi connectivity index (χ2v) is 8.99. The number of amides is 1. The molecule has 3 unspecified atom stereocenters. The van der Waals surface area contributed by atoms with Gasteiger partial charge in [-0.2, -0.15) is 4.31 Å². The van der Waals surface area contributed by atoms with Crippen LogP contribution < -0.4 is 5.32 Å². The van der Waals surface area contributed by atoms with Gasteiger partial charge in [0.25, 0.3) is 0 Å². The van der Waals surface area contributed by atoms with Crippen molar-refractivity contribution in [3.8, 4) is 0 Å². The van der Waals surface area contributed by atoms with Gasteiger partial charge in [0.15, 0.2) is 0 Å². The van der Waals surface area contributed by atoms with Crippen LogP contribution in [0.3, 0.4) is 0 Å². The summed E-state index contributed by atoms with van der Waals surface area (Å²) >= 11 is 0. The number of esters is 1. The molecule has 1 aliphatic carbocycles. The molecular weight excluding hydrogens is 368 g/mol. The Hall–Kier alpha value is -1.93. The van der Waals surface area contributed by atoms with E-state index in [1.807, 2.05) is 0 Å². The highest BCUT2D eigenvalue weighted by Gasteiger charge is 2.51. The lowest BCUT2D eigenvalue weighted by Gasteiger charge is -2.32. The fourth-order valence-corrected chi connectivity index (χ4v) is 6.05. The topological polar surface area (TPSA) is 92.8 Å². The molecule has 0 radical (unpaired) electrons. The quantitative estimate of drug-likeness (QED) is 0.775. The van der Waals surface area contributed by atoms with Crippen molar-refractivity contribution in [3.63, 3.8) is 0 Å². The molecular formula is C19H26N2O5S. The van der Waals surface area contributed by atoms with Crippen molar-refractivity contribution in [2.24, 2.45) is 5.92 Å². The van der Waals surface area contributed by atoms with Crippen LogP contribution in [0.1, 0.15) is 45.4 Å². The summed E-state index contributed by atoms with van der Waals surface area (Å²) in [5.41, 5.74) is 0.544. The van der Waals surface area contributed by atoms with E-state index >= 15 is 0 Å². The Balaban J connectivity index is 1.91. The van der Waals surface area contributed by atoms with E-state index in [2.05, 4.69) is 5.32 Å². The molecule has 1 saturated carbocycles. The largest absolute Gasteiger partial charge is 0.468 e. The number of nitrogens with one attached hydrogen (secondary N) is 1. The number of benzene rings is 1. The van der Waals surface area contributed by atoms with E-state index in [9.17, 15) is 18.0 Å². The molecule has 148 valence electrons. The number of rotatable bonds is 5. The zero-order valence-corrected chi connectivity index (χ0v) is 16.5. The zero-order valence-electron chi connectivity index (χ0n) is 15.7. The summed E-state index contributed by atoms with van der Waals surface area (Å²) in [5.74, 6) is -0.443. The highest BCUT2D eigenvalue weighted by molar-refractivity contribution is 7.89. The van der Waals surface area contributed by atoms with Crippen LogP contribution in [0.2, 0.25) is 0 Å². The molecule has 1 saturated heterocycles. The predicted octanol–water partition coefficient (Wildman–Crippen LogP) is 2.53. The molecule has 1 aromatic carbocycles. The lowest BCUT2D eigenvalue weighted by Crippen LogP contribution is -2.46. The molecule has 3 rings (SSSR count). The van der Waals surface area contributed by atoms with Crippen molar-refractivity contribution in [1.29, 1.82) is 0 Å². The average Bonchev–Trinajstić information content (AvgIpc) is 3.08. The number of hydrogen-bond donors (Lipinski definition) is 1. The Morgan fingerprint density at radius 1 is 1.19 bits per heavy atom. The normalized spacial score (nSPS) is 25.6. The summed E-state index contributed by atoms with van der Waals surface area (Å²) in [4.78, 5) is 23.9. The number of sulfonamides is 1. The predicted molar refractivity (Wildman–Crippen MR) is 101 cm³/mol. The third-order valence-electron chi connectivity index (χ3n) is 5.54. The third kappa shape index (κ3) is 3.87. The minimum absolute atomic E-state index is 0.122. The molecule has 1 aromatic rings. The standard InChI is InChI=1S/C19H26N2O5S/c1-3-18(22)20-14-8-10-15(11-9-14)27(24,25)21-16-7-5-4-6-13(16)12-17(21)19(23)26-2/h8-11,13,16-17H,3-7,12H2,1-2H3,(H,20,22). The minimum Gasteiger partial charge on any atom is -0.468 e. The monoisotopic (exact) mass is 394 g/mol. The number of fused-ring (bicyclic) bond motifs is 1. The van der Waals surface area contributed by atoms with Gasteiger partial charge >= 0.3 is 5.97 Å². The summed E-state index contributed by atoms with van der Waals surface area (Å²) in [5, 5.41) is 2.70. The Kier molecular flexibility index (Phi) is 5.86. The molecule has 27 heavy (non-hydrogen) atoms. The Labute approximate surface area is 160 Å². The lowest BCUT2D eigenvalue weighted by molar-refractivity contribution is -0.144. The first-order valence-corrected chi connectivity index (χ1v) is 10.8. The van der Waals surface area contributed by atoms with E-state index in [0.29, 0.717) is 18.5 Å². The van der Waals surface area contributed by atoms with Crippen LogP contribution in [0.4, 0.5) is 5.69 Å². The van der Waals surface area contributed by atoms with E-state index in [1.165, 1.54) is 23.5 Å². The molecule has 1 N–H and O–H groups in total. The van der Waals surface area contributed by atoms with Crippen molar-refractivity contribution in [2.45, 2.75) is 62.4 Å².